The van der Waals surface area contributed by atoms with Crippen molar-refractivity contribution in [1.29, 1.82) is 0 Å². The summed E-state index contributed by atoms with van der Waals surface area (Å²) in [7, 11) is 5.70. The number of carbonyl (C=O) groups is 1. The van der Waals surface area contributed by atoms with E-state index in [-0.39, 0.29) is 17.7 Å². The first-order chi connectivity index (χ1) is 8.54. The Bertz CT molecular complexity index is 420. The Morgan fingerprint density at radius 3 is 2.50 bits per heavy atom. The first-order valence-corrected chi connectivity index (χ1v) is 6.48. The number of carbonyl (C=O) groups excluding carboxylic acids is 1. The van der Waals surface area contributed by atoms with Crippen molar-refractivity contribution in [2.75, 3.05) is 14.1 Å². The Labute approximate surface area is 107 Å². The molecule has 18 heavy (non-hydrogen) atoms. The van der Waals surface area contributed by atoms with Crippen molar-refractivity contribution >= 4 is 5.78 Å². The molecule has 0 atom stereocenters. The molecular formula is C12H21N5O. The summed E-state index contributed by atoms with van der Waals surface area (Å²) in [6.07, 6.45) is 5.64. The van der Waals surface area contributed by atoms with Gasteiger partial charge in [-0.15, -0.1) is 10.2 Å². The molecule has 1 aliphatic carbocycles. The maximum absolute atomic E-state index is 12.6. The molecule has 1 aliphatic rings. The van der Waals surface area contributed by atoms with Crippen molar-refractivity contribution in [2.45, 2.75) is 44.1 Å². The number of hydrogen-bond donors (Lipinski definition) is 0. The van der Waals surface area contributed by atoms with Crippen molar-refractivity contribution in [3.05, 3.63) is 5.82 Å². The smallest absolute Gasteiger partial charge is 0.182 e. The van der Waals surface area contributed by atoms with E-state index in [1.54, 1.807) is 7.05 Å². The third-order valence-corrected chi connectivity index (χ3v) is 3.92. The van der Waals surface area contributed by atoms with Crippen LogP contribution >= 0.6 is 0 Å². The van der Waals surface area contributed by atoms with E-state index in [4.69, 9.17) is 0 Å². The maximum Gasteiger partial charge on any atom is 0.182 e. The first-order valence-electron chi connectivity index (χ1n) is 6.48. The van der Waals surface area contributed by atoms with Gasteiger partial charge in [0.1, 0.15) is 0 Å². The van der Waals surface area contributed by atoms with Crippen molar-refractivity contribution in [3.8, 4) is 0 Å². The molecule has 1 aromatic rings. The summed E-state index contributed by atoms with van der Waals surface area (Å²) in [5.41, 5.74) is -0.322. The summed E-state index contributed by atoms with van der Waals surface area (Å²) in [6.45, 7) is 0. The Balaban J connectivity index is 2.13. The number of tetrazole rings is 1. The second kappa shape index (κ2) is 5.14. The molecule has 0 aliphatic heterocycles. The van der Waals surface area contributed by atoms with Crippen LogP contribution in [-0.4, -0.2) is 50.5 Å². The Morgan fingerprint density at radius 1 is 1.33 bits per heavy atom. The largest absolute Gasteiger partial charge is 0.297 e. The second-order valence-corrected chi connectivity index (χ2v) is 5.28. The molecule has 6 heteroatoms. The third-order valence-electron chi connectivity index (χ3n) is 3.92. The van der Waals surface area contributed by atoms with Crippen LogP contribution in [0.4, 0.5) is 0 Å². The molecule has 1 aromatic heterocycles. The number of hydrogen-bond acceptors (Lipinski definition) is 5. The van der Waals surface area contributed by atoms with Gasteiger partial charge in [0.25, 0.3) is 0 Å². The van der Waals surface area contributed by atoms with E-state index in [0.29, 0.717) is 5.82 Å². The summed E-state index contributed by atoms with van der Waals surface area (Å²) in [5.74, 6) is 0.745. The van der Waals surface area contributed by atoms with Crippen LogP contribution in [0.15, 0.2) is 0 Å². The van der Waals surface area contributed by atoms with Crippen LogP contribution in [0.5, 0.6) is 0 Å². The maximum atomic E-state index is 12.6. The van der Waals surface area contributed by atoms with Gasteiger partial charge in [-0.2, -0.15) is 4.80 Å². The topological polar surface area (TPSA) is 63.9 Å². The zero-order valence-electron chi connectivity index (χ0n) is 11.4. The number of likely N-dealkylation sites (N-methyl/N-ethyl adjacent to an activating group) is 1. The third kappa shape index (κ3) is 2.43. The molecule has 0 aromatic carbocycles. The molecule has 100 valence electrons. The van der Waals surface area contributed by atoms with Gasteiger partial charge >= 0.3 is 0 Å². The van der Waals surface area contributed by atoms with Gasteiger partial charge < -0.3 is 0 Å². The van der Waals surface area contributed by atoms with Gasteiger partial charge in [0, 0.05) is 0 Å². The van der Waals surface area contributed by atoms with Crippen LogP contribution < -0.4 is 0 Å². The molecule has 2 rings (SSSR count). The predicted octanol–water partition coefficient (Wildman–Crippen LogP) is 0.586. The number of aryl methyl sites for hydroxylation is 1. The molecule has 0 bridgehead atoms. The lowest BCUT2D eigenvalue weighted by Crippen LogP contribution is -2.53. The molecule has 6 nitrogen and oxygen atoms in total. The Morgan fingerprint density at radius 2 is 2.00 bits per heavy atom. The Hall–Kier alpha value is -1.30. The van der Waals surface area contributed by atoms with Crippen LogP contribution in [0, 0.1) is 0 Å². The lowest BCUT2D eigenvalue weighted by Gasteiger charge is -2.41. The van der Waals surface area contributed by atoms with Gasteiger partial charge in [0.05, 0.1) is 19.0 Å². The Kier molecular flexibility index (Phi) is 3.75. The molecule has 0 radical (unpaired) electrons. The van der Waals surface area contributed by atoms with Gasteiger partial charge in [0.2, 0.25) is 0 Å². The van der Waals surface area contributed by atoms with Gasteiger partial charge in [-0.3, -0.25) is 9.69 Å². The SMILES string of the molecule is CN(C)C1(C(=O)Cc2nnn(C)n2)CCCCC1. The zero-order valence-corrected chi connectivity index (χ0v) is 11.4. The van der Waals surface area contributed by atoms with Gasteiger partial charge in [-0.1, -0.05) is 19.3 Å². The van der Waals surface area contributed by atoms with Crippen molar-refractivity contribution < 1.29 is 4.79 Å². The number of Topliss-reactive ketones (excluding diaryl/α,β-unsaturated/α-hetero) is 1. The summed E-state index contributed by atoms with van der Waals surface area (Å²) in [4.78, 5) is 16.1. The van der Waals surface area contributed by atoms with E-state index in [1.165, 1.54) is 11.2 Å². The molecule has 1 heterocycles. The number of ketones is 1. The van der Waals surface area contributed by atoms with Gasteiger partial charge in [0.15, 0.2) is 11.6 Å². The number of rotatable bonds is 4. The lowest BCUT2D eigenvalue weighted by atomic mass is 9.76. The fraction of sp³-hybridized carbons (Fsp3) is 0.833. The van der Waals surface area contributed by atoms with Crippen molar-refractivity contribution in [3.63, 3.8) is 0 Å². The summed E-state index contributed by atoms with van der Waals surface area (Å²) in [6, 6.07) is 0. The summed E-state index contributed by atoms with van der Waals surface area (Å²) < 4.78 is 0. The highest BCUT2D eigenvalue weighted by molar-refractivity contribution is 5.89. The summed E-state index contributed by atoms with van der Waals surface area (Å²) in [5, 5.41) is 11.8. The summed E-state index contributed by atoms with van der Waals surface area (Å²) >= 11 is 0. The van der Waals surface area contributed by atoms with E-state index < -0.39 is 0 Å². The standard InChI is InChI=1S/C12H21N5O/c1-16(2)12(7-5-4-6-8-12)10(18)9-11-13-15-17(3)14-11/h4-9H2,1-3H3. The van der Waals surface area contributed by atoms with E-state index >= 15 is 0 Å². The number of nitrogens with zero attached hydrogens (tertiary/aromatic N) is 5. The average molecular weight is 251 g/mol. The molecule has 0 unspecified atom stereocenters. The monoisotopic (exact) mass is 251 g/mol. The fourth-order valence-corrected chi connectivity index (χ4v) is 2.81. The molecule has 0 amide bonds. The minimum atomic E-state index is -0.322. The predicted molar refractivity (Wildman–Crippen MR) is 67.0 cm³/mol. The molecule has 1 fully saturated rings. The van der Waals surface area contributed by atoms with Gasteiger partial charge in [-0.25, -0.2) is 0 Å². The van der Waals surface area contributed by atoms with Crippen molar-refractivity contribution in [2.24, 2.45) is 7.05 Å². The van der Waals surface area contributed by atoms with E-state index in [2.05, 4.69) is 20.3 Å². The molecule has 0 N–H and O–H groups in total. The van der Waals surface area contributed by atoms with Crippen LogP contribution in [0.25, 0.3) is 0 Å². The second-order valence-electron chi connectivity index (χ2n) is 5.28. The van der Waals surface area contributed by atoms with Crippen LogP contribution in [0.1, 0.15) is 37.9 Å². The highest BCUT2D eigenvalue weighted by Gasteiger charge is 2.41. The first kappa shape index (κ1) is 13.1. The molecule has 0 spiro atoms. The minimum Gasteiger partial charge on any atom is -0.297 e. The van der Waals surface area contributed by atoms with Crippen LogP contribution in [-0.2, 0) is 18.3 Å². The quantitative estimate of drug-likeness (QED) is 0.783. The van der Waals surface area contributed by atoms with Crippen LogP contribution in [0.2, 0.25) is 0 Å². The molecule has 1 saturated carbocycles. The van der Waals surface area contributed by atoms with Crippen LogP contribution in [0.3, 0.4) is 0 Å². The van der Waals surface area contributed by atoms with E-state index in [0.717, 1.165) is 25.7 Å². The van der Waals surface area contributed by atoms with E-state index in [9.17, 15) is 4.79 Å². The molecular weight excluding hydrogens is 230 g/mol. The minimum absolute atomic E-state index is 0.222. The lowest BCUT2D eigenvalue weighted by molar-refractivity contribution is -0.131. The highest BCUT2D eigenvalue weighted by atomic mass is 16.1. The normalized spacial score (nSPS) is 19.1. The zero-order chi connectivity index (χ0) is 13.2. The van der Waals surface area contributed by atoms with E-state index in [1.807, 2.05) is 14.1 Å². The van der Waals surface area contributed by atoms with Gasteiger partial charge in [-0.05, 0) is 32.2 Å². The molecule has 0 saturated heterocycles. The average Bonchev–Trinajstić information content (AvgIpc) is 2.75. The highest BCUT2D eigenvalue weighted by Crippen LogP contribution is 2.33. The van der Waals surface area contributed by atoms with Crippen molar-refractivity contribution in [1.82, 2.24) is 25.1 Å². The fourth-order valence-electron chi connectivity index (χ4n) is 2.81. The number of aromatic nitrogens is 4.